The molecule has 0 radical (unpaired) electrons. The fourth-order valence-electron chi connectivity index (χ4n) is 1.60. The van der Waals surface area contributed by atoms with Gasteiger partial charge in [-0.1, -0.05) is 35.0 Å². The lowest BCUT2D eigenvalue weighted by atomic mass is 10.1. The lowest BCUT2D eigenvalue weighted by Gasteiger charge is -2.11. The highest BCUT2D eigenvalue weighted by molar-refractivity contribution is 9.09. The van der Waals surface area contributed by atoms with Gasteiger partial charge in [-0.15, -0.1) is 0 Å². The molecule has 2 nitrogen and oxygen atoms in total. The molecule has 0 aliphatic rings. The van der Waals surface area contributed by atoms with E-state index in [4.69, 9.17) is 9.47 Å². The van der Waals surface area contributed by atoms with Gasteiger partial charge in [0.2, 0.25) is 0 Å². The van der Waals surface area contributed by atoms with Gasteiger partial charge in [-0.3, -0.25) is 0 Å². The predicted molar refractivity (Wildman–Crippen MR) is 74.8 cm³/mol. The van der Waals surface area contributed by atoms with E-state index in [1.807, 2.05) is 24.3 Å². The second kappa shape index (κ2) is 8.54. The molecule has 1 atom stereocenters. The lowest BCUT2D eigenvalue weighted by molar-refractivity contribution is 0.184. The third-order valence-electron chi connectivity index (χ3n) is 2.69. The van der Waals surface area contributed by atoms with Crippen LogP contribution in [-0.2, 0) is 11.3 Å². The Bertz CT molecular complexity index is 315. The summed E-state index contributed by atoms with van der Waals surface area (Å²) >= 11 is 3.46. The Labute approximate surface area is 112 Å². The van der Waals surface area contributed by atoms with Crippen LogP contribution in [0.4, 0.5) is 0 Å². The van der Waals surface area contributed by atoms with Gasteiger partial charge in [0, 0.05) is 12.4 Å². The Hall–Kier alpha value is -0.540. The van der Waals surface area contributed by atoms with Gasteiger partial charge in [0.1, 0.15) is 5.75 Å². The van der Waals surface area contributed by atoms with E-state index in [1.54, 1.807) is 7.11 Å². The summed E-state index contributed by atoms with van der Waals surface area (Å²) in [7, 11) is 1.70. The highest BCUT2D eigenvalue weighted by atomic mass is 79.9. The van der Waals surface area contributed by atoms with Crippen molar-refractivity contribution in [3.05, 3.63) is 29.8 Å². The first kappa shape index (κ1) is 14.5. The van der Waals surface area contributed by atoms with Gasteiger partial charge in [0.25, 0.3) is 0 Å². The molecular formula is C14H21BrO2. The lowest BCUT2D eigenvalue weighted by Crippen LogP contribution is -2.04. The molecule has 0 bridgehead atoms. The number of rotatable bonds is 8. The SMILES string of the molecule is COCc1cccc(OCCC(C)CCBr)c1. The molecule has 0 aliphatic carbocycles. The van der Waals surface area contributed by atoms with Crippen LogP contribution in [-0.4, -0.2) is 19.0 Å². The number of methoxy groups -OCH3 is 1. The molecule has 0 aromatic heterocycles. The Kier molecular flexibility index (Phi) is 7.29. The molecule has 0 N–H and O–H groups in total. The highest BCUT2D eigenvalue weighted by Gasteiger charge is 2.02. The largest absolute Gasteiger partial charge is 0.494 e. The number of hydrogen-bond donors (Lipinski definition) is 0. The zero-order valence-corrected chi connectivity index (χ0v) is 12.2. The first-order chi connectivity index (χ1) is 8.26. The van der Waals surface area contributed by atoms with Gasteiger partial charge in [-0.25, -0.2) is 0 Å². The van der Waals surface area contributed by atoms with Crippen molar-refractivity contribution in [1.29, 1.82) is 0 Å². The summed E-state index contributed by atoms with van der Waals surface area (Å²) in [6, 6.07) is 8.09. The highest BCUT2D eigenvalue weighted by Crippen LogP contribution is 2.16. The molecule has 1 aromatic rings. The van der Waals surface area contributed by atoms with Gasteiger partial charge < -0.3 is 9.47 Å². The summed E-state index contributed by atoms with van der Waals surface area (Å²) in [4.78, 5) is 0. The van der Waals surface area contributed by atoms with E-state index < -0.39 is 0 Å². The van der Waals surface area contributed by atoms with Crippen molar-refractivity contribution in [2.45, 2.75) is 26.4 Å². The van der Waals surface area contributed by atoms with E-state index in [1.165, 1.54) is 6.42 Å². The number of benzene rings is 1. The topological polar surface area (TPSA) is 18.5 Å². The Morgan fingerprint density at radius 3 is 2.82 bits per heavy atom. The fraction of sp³-hybridized carbons (Fsp3) is 0.571. The van der Waals surface area contributed by atoms with Gasteiger partial charge in [-0.05, 0) is 36.5 Å². The summed E-state index contributed by atoms with van der Waals surface area (Å²) in [5, 5.41) is 1.07. The standard InChI is InChI=1S/C14H21BrO2/c1-12(6-8-15)7-9-17-14-5-3-4-13(10-14)11-16-2/h3-5,10,12H,6-9,11H2,1-2H3. The minimum atomic E-state index is 0.636. The van der Waals surface area contributed by atoms with Crippen molar-refractivity contribution in [1.82, 2.24) is 0 Å². The monoisotopic (exact) mass is 300 g/mol. The van der Waals surface area contributed by atoms with Gasteiger partial charge in [0.05, 0.1) is 13.2 Å². The maximum absolute atomic E-state index is 5.74. The van der Waals surface area contributed by atoms with Crippen LogP contribution in [0.15, 0.2) is 24.3 Å². The van der Waals surface area contributed by atoms with Crippen LogP contribution in [0, 0.1) is 5.92 Å². The summed E-state index contributed by atoms with van der Waals surface area (Å²) < 4.78 is 10.8. The number of hydrogen-bond acceptors (Lipinski definition) is 2. The molecule has 96 valence electrons. The van der Waals surface area contributed by atoms with Crippen molar-refractivity contribution in [3.63, 3.8) is 0 Å². The number of alkyl halides is 1. The average molecular weight is 301 g/mol. The molecule has 0 saturated heterocycles. The van der Waals surface area contributed by atoms with Gasteiger partial charge >= 0.3 is 0 Å². The minimum Gasteiger partial charge on any atom is -0.494 e. The maximum Gasteiger partial charge on any atom is 0.119 e. The van der Waals surface area contributed by atoms with E-state index in [0.717, 1.165) is 29.7 Å². The first-order valence-corrected chi connectivity index (χ1v) is 7.15. The zero-order valence-electron chi connectivity index (χ0n) is 10.6. The van der Waals surface area contributed by atoms with Crippen molar-refractivity contribution in [2.24, 2.45) is 5.92 Å². The van der Waals surface area contributed by atoms with Crippen molar-refractivity contribution in [2.75, 3.05) is 19.0 Å². The van der Waals surface area contributed by atoms with Gasteiger partial charge in [-0.2, -0.15) is 0 Å². The first-order valence-electron chi connectivity index (χ1n) is 6.03. The number of halogens is 1. The second-order valence-electron chi connectivity index (χ2n) is 4.30. The molecule has 0 spiro atoms. The molecule has 1 aromatic carbocycles. The molecule has 0 saturated carbocycles. The molecule has 1 unspecified atom stereocenters. The second-order valence-corrected chi connectivity index (χ2v) is 5.09. The smallest absolute Gasteiger partial charge is 0.119 e. The molecule has 17 heavy (non-hydrogen) atoms. The Balaban J connectivity index is 2.33. The maximum atomic E-state index is 5.74. The molecule has 1 rings (SSSR count). The summed E-state index contributed by atoms with van der Waals surface area (Å²) in [6.07, 6.45) is 2.30. The van der Waals surface area contributed by atoms with Crippen molar-refractivity contribution in [3.8, 4) is 5.75 Å². The molecule has 0 heterocycles. The predicted octanol–water partition coefficient (Wildman–Crippen LogP) is 4.02. The third kappa shape index (κ3) is 6.08. The van der Waals surface area contributed by atoms with Crippen LogP contribution >= 0.6 is 15.9 Å². The Morgan fingerprint density at radius 2 is 2.12 bits per heavy atom. The van der Waals surface area contributed by atoms with E-state index in [9.17, 15) is 0 Å². The normalized spacial score (nSPS) is 12.4. The Morgan fingerprint density at radius 1 is 1.29 bits per heavy atom. The van der Waals surface area contributed by atoms with Crippen LogP contribution in [0.3, 0.4) is 0 Å². The third-order valence-corrected chi connectivity index (χ3v) is 3.15. The minimum absolute atomic E-state index is 0.636. The molecule has 0 aliphatic heterocycles. The van der Waals surface area contributed by atoms with E-state index in [0.29, 0.717) is 12.5 Å². The average Bonchev–Trinajstić information content (AvgIpc) is 2.30. The van der Waals surface area contributed by atoms with Crippen molar-refractivity contribution >= 4 is 15.9 Å². The summed E-state index contributed by atoms with van der Waals surface area (Å²) in [5.74, 6) is 1.64. The quantitative estimate of drug-likeness (QED) is 0.675. The van der Waals surface area contributed by atoms with Crippen LogP contribution in [0.25, 0.3) is 0 Å². The van der Waals surface area contributed by atoms with E-state index in [-0.39, 0.29) is 0 Å². The van der Waals surface area contributed by atoms with Crippen molar-refractivity contribution < 1.29 is 9.47 Å². The molecule has 0 amide bonds. The van der Waals surface area contributed by atoms with Crippen LogP contribution < -0.4 is 4.74 Å². The van der Waals surface area contributed by atoms with E-state index >= 15 is 0 Å². The van der Waals surface area contributed by atoms with Crippen LogP contribution in [0.5, 0.6) is 5.75 Å². The zero-order chi connectivity index (χ0) is 12.5. The summed E-state index contributed by atoms with van der Waals surface area (Å²) in [5.41, 5.74) is 1.15. The number of ether oxygens (including phenoxy) is 2. The van der Waals surface area contributed by atoms with Crippen LogP contribution in [0.2, 0.25) is 0 Å². The molecular weight excluding hydrogens is 280 g/mol. The molecule has 0 fully saturated rings. The fourth-order valence-corrected chi connectivity index (χ4v) is 2.38. The van der Waals surface area contributed by atoms with Gasteiger partial charge in [0.15, 0.2) is 0 Å². The summed E-state index contributed by atoms with van der Waals surface area (Å²) in [6.45, 7) is 3.67. The molecule has 3 heteroatoms. The van der Waals surface area contributed by atoms with E-state index in [2.05, 4.69) is 22.9 Å². The van der Waals surface area contributed by atoms with Crippen LogP contribution in [0.1, 0.15) is 25.3 Å².